The first kappa shape index (κ1) is 18.3. The molecule has 0 radical (unpaired) electrons. The van der Waals surface area contributed by atoms with Gasteiger partial charge in [-0.3, -0.25) is 0 Å². The predicted molar refractivity (Wildman–Crippen MR) is 71.0 cm³/mol. The van der Waals surface area contributed by atoms with Crippen molar-refractivity contribution in [2.45, 2.75) is 39.5 Å². The molecule has 0 aliphatic rings. The van der Waals surface area contributed by atoms with E-state index in [1.165, 1.54) is 12.8 Å². The van der Waals surface area contributed by atoms with Gasteiger partial charge in [0, 0.05) is 0 Å². The zero-order chi connectivity index (χ0) is 13.0. The van der Waals surface area contributed by atoms with E-state index in [1.54, 1.807) is 0 Å². The molecule has 0 aliphatic carbocycles. The summed E-state index contributed by atoms with van der Waals surface area (Å²) in [6.07, 6.45) is 4.65. The fourth-order valence-electron chi connectivity index (χ4n) is 1.00. The van der Waals surface area contributed by atoms with E-state index in [0.717, 1.165) is 25.9 Å². The van der Waals surface area contributed by atoms with Gasteiger partial charge in [-0.2, -0.15) is 0 Å². The third-order valence-corrected chi connectivity index (χ3v) is 2.38. The second kappa shape index (κ2) is 13.0. The van der Waals surface area contributed by atoms with E-state index in [-0.39, 0.29) is 4.73 Å². The molecule has 0 saturated carbocycles. The minimum atomic E-state index is -0.208. The van der Waals surface area contributed by atoms with Crippen LogP contribution in [0.4, 0.5) is 0 Å². The SMILES string of the molecule is CCCCN(CCCC)C(O)=[Se].NC(O)=[Se]. The maximum absolute atomic E-state index is 9.25. The van der Waals surface area contributed by atoms with Crippen molar-refractivity contribution in [2.75, 3.05) is 13.1 Å². The fraction of sp³-hybridized carbons (Fsp3) is 0.800. The van der Waals surface area contributed by atoms with E-state index in [2.05, 4.69) is 50.7 Å². The molecule has 16 heavy (non-hydrogen) atoms. The molecule has 0 fully saturated rings. The van der Waals surface area contributed by atoms with Crippen molar-refractivity contribution in [3.05, 3.63) is 0 Å². The Kier molecular flexibility index (Phi) is 15.0. The Labute approximate surface area is 114 Å². The van der Waals surface area contributed by atoms with Crippen molar-refractivity contribution in [3.63, 3.8) is 0 Å². The van der Waals surface area contributed by atoms with Crippen molar-refractivity contribution in [3.8, 4) is 0 Å². The molecule has 0 rings (SSSR count). The van der Waals surface area contributed by atoms with E-state index >= 15 is 0 Å². The molecule has 0 bridgehead atoms. The zero-order valence-corrected chi connectivity index (χ0v) is 13.4. The van der Waals surface area contributed by atoms with Crippen LogP contribution < -0.4 is 5.73 Å². The van der Waals surface area contributed by atoms with Crippen molar-refractivity contribution in [1.29, 1.82) is 0 Å². The first-order chi connectivity index (χ1) is 7.45. The summed E-state index contributed by atoms with van der Waals surface area (Å²) in [5.74, 6) is 0. The van der Waals surface area contributed by atoms with Crippen molar-refractivity contribution < 1.29 is 10.2 Å². The summed E-state index contributed by atoms with van der Waals surface area (Å²) in [6.45, 7) is 6.26. The van der Waals surface area contributed by atoms with Crippen LogP contribution in [0.15, 0.2) is 0 Å². The average molecular weight is 360 g/mol. The third kappa shape index (κ3) is 16.4. The van der Waals surface area contributed by atoms with E-state index in [0.29, 0.717) is 4.73 Å². The van der Waals surface area contributed by atoms with E-state index in [9.17, 15) is 5.11 Å². The van der Waals surface area contributed by atoms with Gasteiger partial charge in [-0.1, -0.05) is 0 Å². The summed E-state index contributed by atoms with van der Waals surface area (Å²) in [7, 11) is 0. The quantitative estimate of drug-likeness (QED) is 0.563. The van der Waals surface area contributed by atoms with Crippen LogP contribution >= 0.6 is 0 Å². The Morgan fingerprint density at radius 1 is 1.06 bits per heavy atom. The molecule has 96 valence electrons. The molecule has 0 amide bonds. The zero-order valence-electron chi connectivity index (χ0n) is 9.98. The molecule has 4 N–H and O–H groups in total. The normalized spacial score (nSPS) is 8.88. The van der Waals surface area contributed by atoms with Gasteiger partial charge in [0.2, 0.25) is 0 Å². The standard InChI is InChI=1S/C9H19NOSe.CH3NOSe/c1-3-5-7-10(9(11)12)8-6-4-2;2-1(3)4/h3-8H2,1-2H3,(H,11,12);(H3,2,3,4). The number of nitrogens with two attached hydrogens (primary N) is 1. The predicted octanol–water partition coefficient (Wildman–Crippen LogP) is 0.0905. The number of nitrogens with zero attached hydrogens (tertiary/aromatic N) is 1. The van der Waals surface area contributed by atoms with Crippen LogP contribution in [-0.4, -0.2) is 68.8 Å². The molecule has 4 nitrogen and oxygen atoms in total. The Balaban J connectivity index is 0. The topological polar surface area (TPSA) is 69.7 Å². The molecule has 0 atom stereocenters. The van der Waals surface area contributed by atoms with Crippen molar-refractivity contribution in [2.24, 2.45) is 5.73 Å². The van der Waals surface area contributed by atoms with Crippen LogP contribution in [0, 0.1) is 0 Å². The van der Waals surface area contributed by atoms with E-state index in [4.69, 9.17) is 5.11 Å². The van der Waals surface area contributed by atoms with Crippen LogP contribution in [0.2, 0.25) is 0 Å². The van der Waals surface area contributed by atoms with Crippen LogP contribution in [0.5, 0.6) is 0 Å². The van der Waals surface area contributed by atoms with E-state index in [1.807, 2.05) is 4.90 Å². The molecule has 0 aliphatic heterocycles. The molecule has 0 aromatic rings. The van der Waals surface area contributed by atoms with Crippen molar-refractivity contribution >= 4 is 40.6 Å². The summed E-state index contributed by atoms with van der Waals surface area (Å²) < 4.78 is 0.136. The van der Waals surface area contributed by atoms with Gasteiger partial charge >= 0.3 is 114 Å². The van der Waals surface area contributed by atoms with Crippen LogP contribution in [0.3, 0.4) is 0 Å². The first-order valence-corrected chi connectivity index (χ1v) is 7.13. The molecule has 0 aromatic carbocycles. The first-order valence-electron chi connectivity index (χ1n) is 5.41. The van der Waals surface area contributed by atoms with Crippen molar-refractivity contribution in [1.82, 2.24) is 4.90 Å². The molecule has 0 unspecified atom stereocenters. The van der Waals surface area contributed by atoms with E-state index < -0.39 is 0 Å². The van der Waals surface area contributed by atoms with Gasteiger partial charge in [-0.25, -0.2) is 0 Å². The van der Waals surface area contributed by atoms with Gasteiger partial charge < -0.3 is 0 Å². The summed E-state index contributed by atoms with van der Waals surface area (Å²) in [5, 5.41) is 16.9. The number of rotatable bonds is 7. The number of unbranched alkanes of at least 4 members (excludes halogenated alkanes) is 2. The minimum absolute atomic E-state index is 0.208. The van der Waals surface area contributed by atoms with Gasteiger partial charge in [-0.15, -0.1) is 0 Å². The number of hydrogen-bond donors (Lipinski definition) is 3. The maximum atomic E-state index is 9.25. The van der Waals surface area contributed by atoms with Crippen LogP contribution in [0.25, 0.3) is 0 Å². The second-order valence-corrected chi connectivity index (χ2v) is 4.96. The summed E-state index contributed by atoms with van der Waals surface area (Å²) in [4.78, 5) is 2.01. The summed E-state index contributed by atoms with van der Waals surface area (Å²) in [5.41, 5.74) is 4.53. The number of aliphatic hydroxyl groups is 2. The number of hydrogen-bond acceptors (Lipinski definition) is 4. The van der Waals surface area contributed by atoms with Gasteiger partial charge in [0.15, 0.2) is 0 Å². The number of aliphatic hydroxyl groups excluding tert-OH is 2. The molecule has 0 saturated heterocycles. The van der Waals surface area contributed by atoms with Gasteiger partial charge in [0.1, 0.15) is 0 Å². The molecule has 0 aromatic heterocycles. The van der Waals surface area contributed by atoms with Gasteiger partial charge in [-0.05, 0) is 0 Å². The van der Waals surface area contributed by atoms with Gasteiger partial charge in [0.05, 0.1) is 0 Å². The molecule has 6 heteroatoms. The van der Waals surface area contributed by atoms with Crippen LogP contribution in [0.1, 0.15) is 39.5 Å². The molecular formula is C10H22N2O2Se2. The molecular weight excluding hydrogens is 338 g/mol. The fourth-order valence-corrected chi connectivity index (χ4v) is 1.38. The summed E-state index contributed by atoms with van der Waals surface area (Å²) in [6, 6.07) is 0. The third-order valence-electron chi connectivity index (χ3n) is 1.83. The Morgan fingerprint density at radius 3 is 1.56 bits per heavy atom. The summed E-state index contributed by atoms with van der Waals surface area (Å²) >= 11 is 4.81. The second-order valence-electron chi connectivity index (χ2n) is 3.31. The Hall–Kier alpha value is -0.0210. The Morgan fingerprint density at radius 2 is 1.38 bits per heavy atom. The van der Waals surface area contributed by atoms with Gasteiger partial charge in [0.25, 0.3) is 0 Å². The monoisotopic (exact) mass is 362 g/mol. The molecule has 0 heterocycles. The average Bonchev–Trinajstić information content (AvgIpc) is 2.16. The molecule has 0 spiro atoms. The van der Waals surface area contributed by atoms with Crippen LogP contribution in [-0.2, 0) is 0 Å². The Bertz CT molecular complexity index is 189.